The topological polar surface area (TPSA) is 56.0 Å². The van der Waals surface area contributed by atoms with E-state index in [1.807, 2.05) is 0 Å². The largest absolute Gasteiger partial charge is 0.269 e. The summed E-state index contributed by atoms with van der Waals surface area (Å²) in [6, 6.07) is 12.6. The van der Waals surface area contributed by atoms with Gasteiger partial charge in [0, 0.05) is 28.6 Å². The molecule has 0 spiro atoms. The Hall–Kier alpha value is -2.60. The highest BCUT2D eigenvalue weighted by molar-refractivity contribution is 7.13. The third-order valence-corrected chi connectivity index (χ3v) is 3.87. The smallest absolute Gasteiger partial charge is 0.258 e. The van der Waals surface area contributed by atoms with Crippen molar-refractivity contribution in [3.05, 3.63) is 69.8 Å². The number of nitrogens with zero attached hydrogens (tertiary/aromatic N) is 2. The van der Waals surface area contributed by atoms with Gasteiger partial charge in [-0.25, -0.2) is 9.37 Å². The fourth-order valence-corrected chi connectivity index (χ4v) is 2.75. The van der Waals surface area contributed by atoms with Crippen molar-refractivity contribution in [2.24, 2.45) is 0 Å². The molecule has 0 bridgehead atoms. The molecule has 0 N–H and O–H groups in total. The van der Waals surface area contributed by atoms with E-state index >= 15 is 0 Å². The zero-order valence-electron chi connectivity index (χ0n) is 10.7. The number of nitro groups is 1. The molecule has 3 rings (SSSR count). The number of hydrogen-bond acceptors (Lipinski definition) is 4. The Balaban J connectivity index is 1.95. The lowest BCUT2D eigenvalue weighted by Gasteiger charge is -1.98. The van der Waals surface area contributed by atoms with Gasteiger partial charge in [-0.3, -0.25) is 10.1 Å². The molecule has 21 heavy (non-hydrogen) atoms. The van der Waals surface area contributed by atoms with Crippen molar-refractivity contribution in [2.75, 3.05) is 0 Å². The van der Waals surface area contributed by atoms with Crippen molar-refractivity contribution >= 4 is 17.0 Å². The third-order valence-electron chi connectivity index (χ3n) is 2.98. The van der Waals surface area contributed by atoms with Gasteiger partial charge in [0.2, 0.25) is 0 Å². The highest BCUT2D eigenvalue weighted by atomic mass is 32.1. The molecule has 0 aliphatic rings. The fraction of sp³-hybridized carbons (Fsp3) is 0. The molecule has 0 saturated carbocycles. The quantitative estimate of drug-likeness (QED) is 0.527. The van der Waals surface area contributed by atoms with Gasteiger partial charge in [-0.2, -0.15) is 0 Å². The van der Waals surface area contributed by atoms with Gasteiger partial charge in [0.05, 0.1) is 10.6 Å². The first-order valence-corrected chi connectivity index (χ1v) is 6.98. The number of halogens is 1. The van der Waals surface area contributed by atoms with Crippen molar-refractivity contribution < 1.29 is 9.31 Å². The molecular weight excluding hydrogens is 291 g/mol. The number of thiazole rings is 1. The number of aromatic nitrogens is 1. The molecule has 0 aliphatic carbocycles. The van der Waals surface area contributed by atoms with Crippen LogP contribution in [0.1, 0.15) is 0 Å². The van der Waals surface area contributed by atoms with Gasteiger partial charge in [0.1, 0.15) is 10.8 Å². The molecule has 0 amide bonds. The zero-order valence-corrected chi connectivity index (χ0v) is 11.5. The van der Waals surface area contributed by atoms with E-state index < -0.39 is 4.92 Å². The summed E-state index contributed by atoms with van der Waals surface area (Å²) >= 11 is 1.37. The molecule has 6 heteroatoms. The molecule has 0 unspecified atom stereocenters. The normalized spacial score (nSPS) is 10.5. The van der Waals surface area contributed by atoms with Gasteiger partial charge in [0.15, 0.2) is 0 Å². The summed E-state index contributed by atoms with van der Waals surface area (Å²) in [4.78, 5) is 14.6. The second-order valence-corrected chi connectivity index (χ2v) is 5.18. The van der Waals surface area contributed by atoms with E-state index in [4.69, 9.17) is 0 Å². The molecule has 0 atom stereocenters. The maximum Gasteiger partial charge on any atom is 0.269 e. The fourth-order valence-electron chi connectivity index (χ4n) is 1.92. The lowest BCUT2D eigenvalue weighted by Crippen LogP contribution is -1.87. The van der Waals surface area contributed by atoms with Crippen molar-refractivity contribution in [3.63, 3.8) is 0 Å². The van der Waals surface area contributed by atoms with Crippen LogP contribution in [0.4, 0.5) is 10.1 Å². The molecule has 4 nitrogen and oxygen atoms in total. The van der Waals surface area contributed by atoms with Gasteiger partial charge < -0.3 is 0 Å². The number of hydrogen-bond donors (Lipinski definition) is 0. The molecule has 1 aromatic heterocycles. The average Bonchev–Trinajstić information content (AvgIpc) is 2.97. The van der Waals surface area contributed by atoms with Gasteiger partial charge in [-0.1, -0.05) is 12.1 Å². The highest BCUT2D eigenvalue weighted by Gasteiger charge is 2.11. The first-order chi connectivity index (χ1) is 10.1. The van der Waals surface area contributed by atoms with E-state index in [1.54, 1.807) is 35.7 Å². The Kier molecular flexibility index (Phi) is 3.45. The van der Waals surface area contributed by atoms with Gasteiger partial charge >= 0.3 is 0 Å². The molecule has 1 heterocycles. The summed E-state index contributed by atoms with van der Waals surface area (Å²) in [5.74, 6) is -0.321. The van der Waals surface area contributed by atoms with Crippen molar-refractivity contribution in [3.8, 4) is 21.8 Å². The number of non-ortho nitro benzene ring substituents is 1. The molecule has 104 valence electrons. The Labute approximate surface area is 123 Å². The number of rotatable bonds is 3. The van der Waals surface area contributed by atoms with E-state index in [-0.39, 0.29) is 11.5 Å². The molecule has 0 radical (unpaired) electrons. The Morgan fingerprint density at radius 3 is 2.48 bits per heavy atom. The standard InChI is InChI=1S/C15H9FN2O2S/c16-13-4-2-1-3-12(13)14-9-21-15(17-14)10-5-7-11(8-6-10)18(19)20/h1-9H. The van der Waals surface area contributed by atoms with Crippen LogP contribution in [0.5, 0.6) is 0 Å². The van der Waals surface area contributed by atoms with Crippen LogP contribution in [0.2, 0.25) is 0 Å². The number of nitro benzene ring substituents is 1. The lowest BCUT2D eigenvalue weighted by atomic mass is 10.1. The van der Waals surface area contributed by atoms with Crippen LogP contribution in [0, 0.1) is 15.9 Å². The predicted molar refractivity (Wildman–Crippen MR) is 79.6 cm³/mol. The summed E-state index contributed by atoms with van der Waals surface area (Å²) < 4.78 is 13.7. The summed E-state index contributed by atoms with van der Waals surface area (Å²) in [6.45, 7) is 0. The minimum atomic E-state index is -0.448. The van der Waals surface area contributed by atoms with E-state index in [0.29, 0.717) is 16.3 Å². The summed E-state index contributed by atoms with van der Waals surface area (Å²) in [7, 11) is 0. The van der Waals surface area contributed by atoms with Crippen LogP contribution >= 0.6 is 11.3 Å². The SMILES string of the molecule is O=[N+]([O-])c1ccc(-c2nc(-c3ccccc3F)cs2)cc1. The lowest BCUT2D eigenvalue weighted by molar-refractivity contribution is -0.384. The minimum absolute atomic E-state index is 0.0321. The van der Waals surface area contributed by atoms with Crippen LogP contribution < -0.4 is 0 Å². The monoisotopic (exact) mass is 300 g/mol. The van der Waals surface area contributed by atoms with E-state index in [2.05, 4.69) is 4.98 Å². The van der Waals surface area contributed by atoms with Gasteiger partial charge in [0.25, 0.3) is 5.69 Å². The van der Waals surface area contributed by atoms with Crippen LogP contribution in [-0.2, 0) is 0 Å². The Morgan fingerprint density at radius 1 is 1.10 bits per heavy atom. The molecular formula is C15H9FN2O2S. The Bertz CT molecular complexity index is 799. The zero-order chi connectivity index (χ0) is 14.8. The van der Waals surface area contributed by atoms with Crippen LogP contribution in [-0.4, -0.2) is 9.91 Å². The van der Waals surface area contributed by atoms with Crippen molar-refractivity contribution in [1.29, 1.82) is 0 Å². The number of benzene rings is 2. The molecule has 0 aliphatic heterocycles. The van der Waals surface area contributed by atoms with E-state index in [9.17, 15) is 14.5 Å². The average molecular weight is 300 g/mol. The van der Waals surface area contributed by atoms with Crippen LogP contribution in [0.25, 0.3) is 21.8 Å². The summed E-state index contributed by atoms with van der Waals surface area (Å²) in [5, 5.41) is 13.1. The minimum Gasteiger partial charge on any atom is -0.258 e. The highest BCUT2D eigenvalue weighted by Crippen LogP contribution is 2.30. The molecule has 0 fully saturated rings. The van der Waals surface area contributed by atoms with Crippen LogP contribution in [0.3, 0.4) is 0 Å². The molecule has 0 saturated heterocycles. The summed E-state index contributed by atoms with van der Waals surface area (Å²) in [6.07, 6.45) is 0. The predicted octanol–water partition coefficient (Wildman–Crippen LogP) is 4.52. The molecule has 2 aromatic carbocycles. The van der Waals surface area contributed by atoms with Crippen molar-refractivity contribution in [1.82, 2.24) is 4.98 Å². The van der Waals surface area contributed by atoms with Gasteiger partial charge in [-0.15, -0.1) is 11.3 Å². The third kappa shape index (κ3) is 2.66. The van der Waals surface area contributed by atoms with Gasteiger partial charge in [-0.05, 0) is 24.3 Å². The van der Waals surface area contributed by atoms with Crippen LogP contribution in [0.15, 0.2) is 53.9 Å². The van der Waals surface area contributed by atoms with E-state index in [0.717, 1.165) is 5.56 Å². The second-order valence-electron chi connectivity index (χ2n) is 4.32. The van der Waals surface area contributed by atoms with Crippen molar-refractivity contribution in [2.45, 2.75) is 0 Å². The first-order valence-electron chi connectivity index (χ1n) is 6.10. The maximum absolute atomic E-state index is 13.7. The molecule has 3 aromatic rings. The Morgan fingerprint density at radius 2 is 1.81 bits per heavy atom. The second kappa shape index (κ2) is 5.41. The summed E-state index contributed by atoms with van der Waals surface area (Å²) in [5.41, 5.74) is 1.81. The first kappa shape index (κ1) is 13.4. The maximum atomic E-state index is 13.7. The van der Waals surface area contributed by atoms with E-state index in [1.165, 1.54) is 29.5 Å².